The molecule has 0 saturated heterocycles. The van der Waals surface area contributed by atoms with Crippen LogP contribution in [0.2, 0.25) is 0 Å². The van der Waals surface area contributed by atoms with Gasteiger partial charge in [0.2, 0.25) is 0 Å². The molecular weight excluding hydrogens is 548 g/mol. The molecule has 0 spiro atoms. The Morgan fingerprint density at radius 2 is 1.16 bits per heavy atom. The maximum Gasteiger partial charge on any atom is 0.135 e. The van der Waals surface area contributed by atoms with Crippen LogP contribution in [0.1, 0.15) is 0 Å². The van der Waals surface area contributed by atoms with Crippen LogP contribution in [0.25, 0.3) is 71.6 Å². The van der Waals surface area contributed by atoms with Crippen LogP contribution >= 0.6 is 0 Å². The molecule has 0 saturated carbocycles. The SMILES string of the molecule is c1ccc2c(c1)-c1c(ccc3ccccc13)-n1c(cc3ccccc31)N2c1ccc(-c2ccc3oc4ccccc4c3c2)cc1. The van der Waals surface area contributed by atoms with Gasteiger partial charge in [-0.3, -0.25) is 9.47 Å². The maximum atomic E-state index is 6.09. The van der Waals surface area contributed by atoms with Crippen molar-refractivity contribution in [3.05, 3.63) is 158 Å². The van der Waals surface area contributed by atoms with E-state index in [4.69, 9.17) is 4.42 Å². The Morgan fingerprint density at radius 3 is 2.07 bits per heavy atom. The maximum absolute atomic E-state index is 6.09. The van der Waals surface area contributed by atoms with Gasteiger partial charge in [0, 0.05) is 33.0 Å². The van der Waals surface area contributed by atoms with Gasteiger partial charge in [-0.1, -0.05) is 103 Å². The number of para-hydroxylation sites is 3. The standard InChI is InChI=1S/C42H26N2O/c1-3-11-32-28(9-1)19-23-38-42(32)34-13-4-7-15-37(34)43(41-26-30-10-2-6-14-36(30)44(38)41)31-21-17-27(18-22-31)29-20-24-40-35(25-29)33-12-5-8-16-39(33)45-40/h1-26H. The number of benzene rings is 7. The molecule has 3 nitrogen and oxygen atoms in total. The smallest absolute Gasteiger partial charge is 0.135 e. The molecule has 0 amide bonds. The summed E-state index contributed by atoms with van der Waals surface area (Å²) in [4.78, 5) is 2.42. The van der Waals surface area contributed by atoms with E-state index in [0.717, 1.165) is 39.1 Å². The molecule has 210 valence electrons. The number of hydrogen-bond acceptors (Lipinski definition) is 2. The fourth-order valence-electron chi connectivity index (χ4n) is 7.27. The number of hydrogen-bond donors (Lipinski definition) is 0. The molecule has 2 aromatic heterocycles. The Bertz CT molecular complexity index is 2600. The second-order valence-corrected chi connectivity index (χ2v) is 11.8. The molecule has 9 aromatic rings. The van der Waals surface area contributed by atoms with Crippen molar-refractivity contribution in [2.45, 2.75) is 0 Å². The van der Waals surface area contributed by atoms with Crippen molar-refractivity contribution in [3.8, 4) is 27.9 Å². The molecule has 0 bridgehead atoms. The average molecular weight is 575 g/mol. The molecule has 45 heavy (non-hydrogen) atoms. The predicted molar refractivity (Wildman–Crippen MR) is 187 cm³/mol. The van der Waals surface area contributed by atoms with E-state index in [0.29, 0.717) is 0 Å². The van der Waals surface area contributed by atoms with Gasteiger partial charge in [0.25, 0.3) is 0 Å². The van der Waals surface area contributed by atoms with E-state index < -0.39 is 0 Å². The lowest BCUT2D eigenvalue weighted by Gasteiger charge is -2.26. The largest absolute Gasteiger partial charge is 0.456 e. The van der Waals surface area contributed by atoms with E-state index in [1.807, 2.05) is 12.1 Å². The van der Waals surface area contributed by atoms with Crippen LogP contribution in [-0.4, -0.2) is 4.57 Å². The number of fused-ring (bicyclic) bond motifs is 12. The molecule has 3 heteroatoms. The summed E-state index contributed by atoms with van der Waals surface area (Å²) in [5, 5.41) is 6.00. The Hall–Kier alpha value is -6.06. The summed E-state index contributed by atoms with van der Waals surface area (Å²) in [7, 11) is 0. The second-order valence-electron chi connectivity index (χ2n) is 11.8. The minimum atomic E-state index is 0.915. The lowest BCUT2D eigenvalue weighted by Crippen LogP contribution is -2.12. The number of nitrogens with zero attached hydrogens (tertiary/aromatic N) is 2. The third-order valence-electron chi connectivity index (χ3n) is 9.32. The Morgan fingerprint density at radius 1 is 0.444 bits per heavy atom. The molecule has 0 radical (unpaired) electrons. The molecule has 7 aromatic carbocycles. The lowest BCUT2D eigenvalue weighted by atomic mass is 9.94. The third-order valence-corrected chi connectivity index (χ3v) is 9.32. The Balaban J connectivity index is 1.20. The van der Waals surface area contributed by atoms with E-state index >= 15 is 0 Å². The van der Waals surface area contributed by atoms with Gasteiger partial charge in [-0.15, -0.1) is 0 Å². The van der Waals surface area contributed by atoms with Crippen molar-refractivity contribution < 1.29 is 4.42 Å². The van der Waals surface area contributed by atoms with Crippen LogP contribution in [0.5, 0.6) is 0 Å². The minimum Gasteiger partial charge on any atom is -0.456 e. The molecule has 1 aliphatic heterocycles. The van der Waals surface area contributed by atoms with Gasteiger partial charge in [-0.2, -0.15) is 0 Å². The van der Waals surface area contributed by atoms with Crippen LogP contribution in [0.4, 0.5) is 17.2 Å². The van der Waals surface area contributed by atoms with Crippen LogP contribution in [-0.2, 0) is 0 Å². The highest BCUT2D eigenvalue weighted by molar-refractivity contribution is 6.09. The fourth-order valence-corrected chi connectivity index (χ4v) is 7.27. The van der Waals surface area contributed by atoms with Gasteiger partial charge in [-0.05, 0) is 76.5 Å². The first-order valence-corrected chi connectivity index (χ1v) is 15.4. The fraction of sp³-hybridized carbons (Fsp3) is 0. The first-order valence-electron chi connectivity index (χ1n) is 15.4. The van der Waals surface area contributed by atoms with Crippen LogP contribution < -0.4 is 4.90 Å². The highest BCUT2D eigenvalue weighted by Gasteiger charge is 2.28. The highest BCUT2D eigenvalue weighted by atomic mass is 16.3. The van der Waals surface area contributed by atoms with Crippen molar-refractivity contribution in [2.75, 3.05) is 4.90 Å². The monoisotopic (exact) mass is 574 g/mol. The van der Waals surface area contributed by atoms with Crippen molar-refractivity contribution >= 4 is 60.8 Å². The molecule has 3 heterocycles. The molecular formula is C42H26N2O. The highest BCUT2D eigenvalue weighted by Crippen LogP contribution is 2.50. The summed E-state index contributed by atoms with van der Waals surface area (Å²) in [6, 6.07) is 56.8. The van der Waals surface area contributed by atoms with Crippen LogP contribution in [0.15, 0.2) is 162 Å². The number of anilines is 3. The molecule has 0 fully saturated rings. The normalized spacial score (nSPS) is 12.4. The zero-order chi connectivity index (χ0) is 29.5. The quantitative estimate of drug-likeness (QED) is 0.205. The molecule has 0 aliphatic carbocycles. The minimum absolute atomic E-state index is 0.915. The number of rotatable bonds is 2. The van der Waals surface area contributed by atoms with Gasteiger partial charge in [0.15, 0.2) is 0 Å². The summed E-state index contributed by atoms with van der Waals surface area (Å²) in [5.74, 6) is 1.12. The van der Waals surface area contributed by atoms with E-state index in [9.17, 15) is 0 Å². The summed E-state index contributed by atoms with van der Waals surface area (Å²) in [6.45, 7) is 0. The summed E-state index contributed by atoms with van der Waals surface area (Å²) in [5.41, 5.74) is 11.3. The molecule has 1 aliphatic rings. The predicted octanol–water partition coefficient (Wildman–Crippen LogP) is 11.8. The average Bonchev–Trinajstić information content (AvgIpc) is 3.63. The van der Waals surface area contributed by atoms with E-state index in [1.165, 1.54) is 49.6 Å². The van der Waals surface area contributed by atoms with Crippen molar-refractivity contribution in [1.29, 1.82) is 0 Å². The number of furan rings is 1. The van der Waals surface area contributed by atoms with Gasteiger partial charge >= 0.3 is 0 Å². The van der Waals surface area contributed by atoms with Crippen molar-refractivity contribution in [3.63, 3.8) is 0 Å². The van der Waals surface area contributed by atoms with Crippen molar-refractivity contribution in [2.24, 2.45) is 0 Å². The molecule has 0 N–H and O–H groups in total. The van der Waals surface area contributed by atoms with E-state index in [1.54, 1.807) is 0 Å². The zero-order valence-electron chi connectivity index (χ0n) is 24.3. The Kier molecular flexibility index (Phi) is 5.00. The third kappa shape index (κ3) is 3.52. The van der Waals surface area contributed by atoms with Crippen LogP contribution in [0, 0.1) is 0 Å². The molecule has 10 rings (SSSR count). The van der Waals surface area contributed by atoms with Gasteiger partial charge in [-0.25, -0.2) is 0 Å². The second kappa shape index (κ2) is 9.22. The first kappa shape index (κ1) is 24.4. The van der Waals surface area contributed by atoms with E-state index in [2.05, 4.69) is 155 Å². The van der Waals surface area contributed by atoms with E-state index in [-0.39, 0.29) is 0 Å². The summed E-state index contributed by atoms with van der Waals surface area (Å²) >= 11 is 0. The van der Waals surface area contributed by atoms with Gasteiger partial charge < -0.3 is 4.42 Å². The van der Waals surface area contributed by atoms with Crippen LogP contribution in [0.3, 0.4) is 0 Å². The Labute approximate surface area is 259 Å². The topological polar surface area (TPSA) is 21.3 Å². The van der Waals surface area contributed by atoms with Gasteiger partial charge in [0.1, 0.15) is 17.0 Å². The summed E-state index contributed by atoms with van der Waals surface area (Å²) < 4.78 is 8.52. The summed E-state index contributed by atoms with van der Waals surface area (Å²) in [6.07, 6.45) is 0. The van der Waals surface area contributed by atoms with Crippen molar-refractivity contribution in [1.82, 2.24) is 4.57 Å². The van der Waals surface area contributed by atoms with Gasteiger partial charge in [0.05, 0.1) is 16.9 Å². The molecule has 0 unspecified atom stereocenters. The lowest BCUT2D eigenvalue weighted by molar-refractivity contribution is 0.669. The molecule has 0 atom stereocenters. The number of aromatic nitrogens is 1. The zero-order valence-corrected chi connectivity index (χ0v) is 24.3. The first-order chi connectivity index (χ1) is 22.3.